The average Bonchev–Trinajstić information content (AvgIpc) is 2.35. The Hall–Kier alpha value is -1.07. The van der Waals surface area contributed by atoms with Crippen LogP contribution >= 0.6 is 0 Å². The van der Waals surface area contributed by atoms with Gasteiger partial charge in [-0.25, -0.2) is 0 Å². The predicted octanol–water partition coefficient (Wildman–Crippen LogP) is 3.37. The molecule has 0 radical (unpaired) electrons. The van der Waals surface area contributed by atoms with Gasteiger partial charge in [0.05, 0.1) is 5.56 Å². The number of aliphatic hydroxyl groups excluding tert-OH is 1. The van der Waals surface area contributed by atoms with Crippen molar-refractivity contribution in [3.8, 4) is 0 Å². The van der Waals surface area contributed by atoms with Gasteiger partial charge in [-0.1, -0.05) is 26.0 Å². The molecule has 0 aliphatic carbocycles. The van der Waals surface area contributed by atoms with Gasteiger partial charge in [-0.3, -0.25) is 0 Å². The molecular weight excluding hydrogens is 255 g/mol. The van der Waals surface area contributed by atoms with E-state index >= 15 is 0 Å². The summed E-state index contributed by atoms with van der Waals surface area (Å²) >= 11 is 0. The monoisotopic (exact) mass is 275 g/mol. The Labute approximate surface area is 111 Å². The molecule has 1 rings (SSSR count). The maximum Gasteiger partial charge on any atom is 0.416 e. The van der Waals surface area contributed by atoms with E-state index in [4.69, 9.17) is 5.11 Å². The van der Waals surface area contributed by atoms with E-state index in [2.05, 4.69) is 5.32 Å². The van der Waals surface area contributed by atoms with Gasteiger partial charge in [-0.05, 0) is 24.6 Å². The van der Waals surface area contributed by atoms with E-state index in [1.165, 1.54) is 12.1 Å². The summed E-state index contributed by atoms with van der Waals surface area (Å²) in [7, 11) is 0. The molecule has 0 aliphatic heterocycles. The summed E-state index contributed by atoms with van der Waals surface area (Å²) < 4.78 is 37.3. The van der Waals surface area contributed by atoms with Crippen LogP contribution in [0.1, 0.15) is 37.9 Å². The van der Waals surface area contributed by atoms with Crippen molar-refractivity contribution >= 4 is 0 Å². The number of hydrogen-bond acceptors (Lipinski definition) is 2. The van der Waals surface area contributed by atoms with E-state index in [0.717, 1.165) is 17.7 Å². The van der Waals surface area contributed by atoms with Crippen molar-refractivity contribution in [2.45, 2.75) is 33.0 Å². The summed E-state index contributed by atoms with van der Waals surface area (Å²) in [5, 5.41) is 12.3. The zero-order chi connectivity index (χ0) is 14.7. The van der Waals surface area contributed by atoms with Crippen molar-refractivity contribution < 1.29 is 18.3 Å². The zero-order valence-corrected chi connectivity index (χ0v) is 11.4. The number of alkyl halides is 3. The second kappa shape index (κ2) is 5.92. The van der Waals surface area contributed by atoms with E-state index in [-0.39, 0.29) is 18.1 Å². The molecule has 2 N–H and O–H groups in total. The lowest BCUT2D eigenvalue weighted by atomic mass is 9.94. The molecule has 0 amide bonds. The van der Waals surface area contributed by atoms with Crippen molar-refractivity contribution in [3.05, 3.63) is 35.4 Å². The van der Waals surface area contributed by atoms with Crippen molar-refractivity contribution in [1.82, 2.24) is 5.32 Å². The normalized spacial score (nSPS) is 14.5. The van der Waals surface area contributed by atoms with E-state index < -0.39 is 11.7 Å². The molecule has 0 spiro atoms. The molecule has 0 bridgehead atoms. The van der Waals surface area contributed by atoms with Crippen LogP contribution in [0.2, 0.25) is 0 Å². The van der Waals surface area contributed by atoms with Crippen LogP contribution < -0.4 is 5.32 Å². The first-order chi connectivity index (χ1) is 8.65. The summed E-state index contributed by atoms with van der Waals surface area (Å²) in [6, 6.07) is 5.07. The van der Waals surface area contributed by atoms with Gasteiger partial charge in [0.1, 0.15) is 0 Å². The molecule has 0 aliphatic rings. The molecule has 1 aromatic carbocycles. The van der Waals surface area contributed by atoms with Crippen LogP contribution in [0.3, 0.4) is 0 Å². The second-order valence-corrected chi connectivity index (χ2v) is 5.54. The van der Waals surface area contributed by atoms with Gasteiger partial charge in [-0.15, -0.1) is 0 Å². The number of rotatable bonds is 5. The fourth-order valence-electron chi connectivity index (χ4n) is 1.56. The van der Waals surface area contributed by atoms with Gasteiger partial charge in [0.25, 0.3) is 0 Å². The van der Waals surface area contributed by atoms with Gasteiger partial charge in [-0.2, -0.15) is 13.2 Å². The van der Waals surface area contributed by atoms with Crippen LogP contribution in [0.15, 0.2) is 24.3 Å². The Kier molecular flexibility index (Phi) is 4.98. The van der Waals surface area contributed by atoms with Gasteiger partial charge in [0.15, 0.2) is 0 Å². The van der Waals surface area contributed by atoms with Crippen molar-refractivity contribution in [3.63, 3.8) is 0 Å². The lowest BCUT2D eigenvalue weighted by Crippen LogP contribution is -2.33. The third-order valence-electron chi connectivity index (χ3n) is 3.05. The summed E-state index contributed by atoms with van der Waals surface area (Å²) in [6.45, 7) is 6.36. The number of benzene rings is 1. The molecule has 0 saturated carbocycles. The van der Waals surface area contributed by atoms with Crippen LogP contribution in [-0.4, -0.2) is 18.3 Å². The highest BCUT2D eigenvalue weighted by atomic mass is 19.4. The fraction of sp³-hybridized carbons (Fsp3) is 0.571. The molecule has 1 aromatic rings. The minimum atomic E-state index is -4.30. The summed E-state index contributed by atoms with van der Waals surface area (Å²) in [6.07, 6.45) is -4.30. The van der Waals surface area contributed by atoms with Gasteiger partial charge in [0, 0.05) is 24.6 Å². The molecule has 0 fully saturated rings. The number of hydrogen-bond donors (Lipinski definition) is 2. The second-order valence-electron chi connectivity index (χ2n) is 5.54. The largest absolute Gasteiger partial charge is 0.416 e. The first kappa shape index (κ1) is 16.0. The summed E-state index contributed by atoms with van der Waals surface area (Å²) in [5.74, 6) is 0. The van der Waals surface area contributed by atoms with Crippen LogP contribution in [0, 0.1) is 5.41 Å². The minimum absolute atomic E-state index is 0.0553. The van der Waals surface area contributed by atoms with Crippen LogP contribution in [0.4, 0.5) is 13.2 Å². The quantitative estimate of drug-likeness (QED) is 0.863. The summed E-state index contributed by atoms with van der Waals surface area (Å²) in [4.78, 5) is 0. The highest BCUT2D eigenvalue weighted by molar-refractivity contribution is 5.26. The Bertz CT molecular complexity index is 398. The van der Waals surface area contributed by atoms with Crippen molar-refractivity contribution in [2.24, 2.45) is 5.41 Å². The smallest absolute Gasteiger partial charge is 0.396 e. The highest BCUT2D eigenvalue weighted by Crippen LogP contribution is 2.30. The fourth-order valence-corrected chi connectivity index (χ4v) is 1.56. The topological polar surface area (TPSA) is 32.3 Å². The lowest BCUT2D eigenvalue weighted by Gasteiger charge is -2.25. The highest BCUT2D eigenvalue weighted by Gasteiger charge is 2.30. The zero-order valence-electron chi connectivity index (χ0n) is 11.4. The first-order valence-corrected chi connectivity index (χ1v) is 6.17. The Morgan fingerprint density at radius 1 is 1.16 bits per heavy atom. The van der Waals surface area contributed by atoms with Crippen molar-refractivity contribution in [1.29, 1.82) is 0 Å². The van der Waals surface area contributed by atoms with E-state index in [1.807, 2.05) is 20.8 Å². The first-order valence-electron chi connectivity index (χ1n) is 6.17. The molecule has 108 valence electrons. The Morgan fingerprint density at radius 3 is 2.11 bits per heavy atom. The minimum Gasteiger partial charge on any atom is -0.396 e. The Balaban J connectivity index is 2.66. The van der Waals surface area contributed by atoms with E-state index in [0.29, 0.717) is 6.54 Å². The Morgan fingerprint density at radius 2 is 1.68 bits per heavy atom. The molecule has 1 unspecified atom stereocenters. The van der Waals surface area contributed by atoms with E-state index in [1.54, 1.807) is 0 Å². The number of halogens is 3. The molecule has 5 heteroatoms. The molecule has 0 aromatic heterocycles. The molecular formula is C14H20F3NO. The average molecular weight is 275 g/mol. The molecule has 19 heavy (non-hydrogen) atoms. The van der Waals surface area contributed by atoms with Gasteiger partial charge >= 0.3 is 6.18 Å². The molecule has 0 heterocycles. The van der Waals surface area contributed by atoms with Crippen LogP contribution in [0.5, 0.6) is 0 Å². The third kappa shape index (κ3) is 4.84. The van der Waals surface area contributed by atoms with Gasteiger partial charge < -0.3 is 10.4 Å². The SMILES string of the molecule is CC(NCC(C)(C)CO)c1ccc(C(F)(F)F)cc1. The van der Waals surface area contributed by atoms with Gasteiger partial charge in [0.2, 0.25) is 0 Å². The molecule has 1 atom stereocenters. The van der Waals surface area contributed by atoms with Crippen molar-refractivity contribution in [2.75, 3.05) is 13.2 Å². The lowest BCUT2D eigenvalue weighted by molar-refractivity contribution is -0.137. The van der Waals surface area contributed by atoms with E-state index in [9.17, 15) is 13.2 Å². The maximum atomic E-state index is 12.4. The maximum absolute atomic E-state index is 12.4. The molecule has 2 nitrogen and oxygen atoms in total. The molecule has 0 saturated heterocycles. The summed E-state index contributed by atoms with van der Waals surface area (Å²) in [5.41, 5.74) is -0.0962. The number of aliphatic hydroxyl groups is 1. The van der Waals surface area contributed by atoms with Crippen LogP contribution in [0.25, 0.3) is 0 Å². The van der Waals surface area contributed by atoms with Crippen LogP contribution in [-0.2, 0) is 6.18 Å². The third-order valence-corrected chi connectivity index (χ3v) is 3.05. The number of nitrogens with one attached hydrogen (secondary N) is 1. The predicted molar refractivity (Wildman–Crippen MR) is 68.7 cm³/mol. The standard InChI is InChI=1S/C14H20F3NO/c1-10(18-8-13(2,3)9-19)11-4-6-12(7-5-11)14(15,16)17/h4-7,10,18-19H,8-9H2,1-3H3.